The lowest BCUT2D eigenvalue weighted by atomic mass is 10.0. The Balaban J connectivity index is 1.32. The minimum atomic E-state index is 0.666. The molecule has 0 saturated carbocycles. The number of methoxy groups -OCH3 is 1. The Morgan fingerprint density at radius 2 is 1.58 bits per heavy atom. The Morgan fingerprint density at radius 1 is 0.816 bits per heavy atom. The average Bonchev–Trinajstić information content (AvgIpc) is 3.44. The van der Waals surface area contributed by atoms with Crippen LogP contribution in [0.15, 0.2) is 85.3 Å². The summed E-state index contributed by atoms with van der Waals surface area (Å²) in [7, 11) is 3.97. The van der Waals surface area contributed by atoms with Crippen LogP contribution in [0, 0.1) is 0 Å². The lowest BCUT2D eigenvalue weighted by molar-refractivity contribution is 0.212. The third-order valence-corrected chi connectivity index (χ3v) is 8.21. The summed E-state index contributed by atoms with van der Waals surface area (Å²) in [5, 5.41) is 5.11. The fourth-order valence-electron chi connectivity index (χ4n) is 6.09. The number of likely N-dealkylation sites (N-methyl/N-ethyl adjacent to an activating group) is 1. The lowest BCUT2D eigenvalue weighted by Gasteiger charge is -2.40. The van der Waals surface area contributed by atoms with Gasteiger partial charge < -0.3 is 9.64 Å². The molecule has 2 fully saturated rings. The van der Waals surface area contributed by atoms with E-state index in [4.69, 9.17) is 14.8 Å². The van der Waals surface area contributed by atoms with Crippen molar-refractivity contribution >= 4 is 11.3 Å². The van der Waals surface area contributed by atoms with Gasteiger partial charge in [0.2, 0.25) is 0 Å². The molecule has 0 aliphatic carbocycles. The van der Waals surface area contributed by atoms with Crippen LogP contribution in [0.2, 0.25) is 0 Å². The number of aromatic nitrogens is 4. The molecule has 7 nitrogen and oxygen atoms in total. The molecule has 7 rings (SSSR count). The fraction of sp³-hybridized carbons (Fsp3) is 0.258. The van der Waals surface area contributed by atoms with Crippen molar-refractivity contribution in [1.29, 1.82) is 0 Å². The highest BCUT2D eigenvalue weighted by Gasteiger charge is 2.37. The van der Waals surface area contributed by atoms with E-state index in [1.165, 1.54) is 18.5 Å². The van der Waals surface area contributed by atoms with Gasteiger partial charge in [0.1, 0.15) is 11.4 Å². The SMILES string of the molecule is COc1cccc(-c2c(-c3ccncc3)nn3c(-c4ccc(N5CC6CCC(C5)N6C)cc4)ccnc23)c1. The van der Waals surface area contributed by atoms with Crippen molar-refractivity contribution in [3.05, 3.63) is 85.3 Å². The summed E-state index contributed by atoms with van der Waals surface area (Å²) >= 11 is 0. The second-order valence-electron chi connectivity index (χ2n) is 10.3. The molecule has 7 heteroatoms. The summed E-state index contributed by atoms with van der Waals surface area (Å²) < 4.78 is 7.49. The summed E-state index contributed by atoms with van der Waals surface area (Å²) in [5.74, 6) is 0.798. The van der Waals surface area contributed by atoms with Crippen molar-refractivity contribution in [3.63, 3.8) is 0 Å². The molecule has 38 heavy (non-hydrogen) atoms. The van der Waals surface area contributed by atoms with Crippen LogP contribution in [0.3, 0.4) is 0 Å². The van der Waals surface area contributed by atoms with Crippen LogP contribution >= 0.6 is 0 Å². The molecule has 2 saturated heterocycles. The first-order valence-corrected chi connectivity index (χ1v) is 13.2. The number of hydrogen-bond acceptors (Lipinski definition) is 6. The van der Waals surface area contributed by atoms with Crippen LogP contribution in [0.1, 0.15) is 12.8 Å². The molecular formula is C31H30N6O. The van der Waals surface area contributed by atoms with Crippen molar-refractivity contribution in [2.75, 3.05) is 32.1 Å². The molecule has 5 heterocycles. The number of anilines is 1. The van der Waals surface area contributed by atoms with E-state index in [1.807, 2.05) is 47.1 Å². The molecule has 5 aromatic rings. The topological polar surface area (TPSA) is 58.8 Å². The molecule has 2 unspecified atom stereocenters. The Kier molecular flexibility index (Phi) is 5.59. The van der Waals surface area contributed by atoms with E-state index < -0.39 is 0 Å². The van der Waals surface area contributed by atoms with Gasteiger partial charge in [-0.15, -0.1) is 0 Å². The third kappa shape index (κ3) is 3.82. The maximum atomic E-state index is 5.52. The molecule has 2 aromatic carbocycles. The molecule has 2 aliphatic rings. The molecule has 2 aliphatic heterocycles. The van der Waals surface area contributed by atoms with E-state index in [1.54, 1.807) is 19.5 Å². The predicted octanol–water partition coefficient (Wildman–Crippen LogP) is 5.42. The van der Waals surface area contributed by atoms with Gasteiger partial charge in [-0.1, -0.05) is 24.3 Å². The van der Waals surface area contributed by atoms with Gasteiger partial charge in [0.05, 0.1) is 18.4 Å². The van der Waals surface area contributed by atoms with E-state index in [2.05, 4.69) is 52.2 Å². The van der Waals surface area contributed by atoms with Crippen molar-refractivity contribution in [2.24, 2.45) is 0 Å². The quantitative estimate of drug-likeness (QED) is 0.320. The third-order valence-electron chi connectivity index (χ3n) is 8.21. The van der Waals surface area contributed by atoms with Crippen LogP contribution in [0.25, 0.3) is 39.3 Å². The summed E-state index contributed by atoms with van der Waals surface area (Å²) in [6.07, 6.45) is 8.08. The van der Waals surface area contributed by atoms with Gasteiger partial charge in [0.15, 0.2) is 5.65 Å². The number of benzene rings is 2. The number of nitrogens with zero attached hydrogens (tertiary/aromatic N) is 6. The maximum absolute atomic E-state index is 5.52. The summed E-state index contributed by atoms with van der Waals surface area (Å²) in [4.78, 5) is 14.1. The van der Waals surface area contributed by atoms with Gasteiger partial charge >= 0.3 is 0 Å². The van der Waals surface area contributed by atoms with Gasteiger partial charge in [-0.25, -0.2) is 9.50 Å². The summed E-state index contributed by atoms with van der Waals surface area (Å²) in [5.41, 5.74) is 8.06. The van der Waals surface area contributed by atoms with E-state index >= 15 is 0 Å². The van der Waals surface area contributed by atoms with Crippen molar-refractivity contribution < 1.29 is 4.74 Å². The van der Waals surface area contributed by atoms with E-state index in [0.717, 1.165) is 58.1 Å². The molecule has 2 atom stereocenters. The van der Waals surface area contributed by atoms with Crippen LogP contribution in [0.4, 0.5) is 5.69 Å². The molecule has 2 bridgehead atoms. The van der Waals surface area contributed by atoms with Gasteiger partial charge in [0.25, 0.3) is 0 Å². The Labute approximate surface area is 222 Å². The first-order valence-electron chi connectivity index (χ1n) is 13.2. The molecule has 0 amide bonds. The second kappa shape index (κ2) is 9.26. The predicted molar refractivity (Wildman–Crippen MR) is 150 cm³/mol. The standard InChI is InChI=1S/C31H30N6O/c1-35-25-10-11-26(35)20-36(19-25)24-8-6-21(7-9-24)28-14-17-33-31-29(23-4-3-5-27(18-23)38-2)30(34-37(28)31)22-12-15-32-16-13-22/h3-9,12-18,25-26H,10-11,19-20H2,1-2H3. The van der Waals surface area contributed by atoms with Crippen LogP contribution in [-0.2, 0) is 0 Å². The lowest BCUT2D eigenvalue weighted by Crippen LogP contribution is -2.51. The van der Waals surface area contributed by atoms with Crippen molar-refractivity contribution in [2.45, 2.75) is 24.9 Å². The van der Waals surface area contributed by atoms with E-state index in [0.29, 0.717) is 12.1 Å². The van der Waals surface area contributed by atoms with Gasteiger partial charge in [0, 0.05) is 60.6 Å². The van der Waals surface area contributed by atoms with Gasteiger partial charge in [-0.05, 0) is 67.9 Å². The highest BCUT2D eigenvalue weighted by molar-refractivity contribution is 5.91. The number of rotatable bonds is 5. The fourth-order valence-corrected chi connectivity index (χ4v) is 6.09. The molecule has 0 N–H and O–H groups in total. The Morgan fingerprint density at radius 3 is 2.32 bits per heavy atom. The zero-order valence-electron chi connectivity index (χ0n) is 21.7. The normalized spacial score (nSPS) is 19.3. The zero-order chi connectivity index (χ0) is 25.6. The highest BCUT2D eigenvalue weighted by Crippen LogP contribution is 2.38. The van der Waals surface area contributed by atoms with Gasteiger partial charge in [-0.3, -0.25) is 9.88 Å². The number of ether oxygens (including phenoxy) is 1. The van der Waals surface area contributed by atoms with Gasteiger partial charge in [-0.2, -0.15) is 5.10 Å². The largest absolute Gasteiger partial charge is 0.497 e. The highest BCUT2D eigenvalue weighted by atomic mass is 16.5. The zero-order valence-corrected chi connectivity index (χ0v) is 21.7. The van der Waals surface area contributed by atoms with Crippen LogP contribution in [-0.4, -0.2) is 63.8 Å². The first-order chi connectivity index (χ1) is 18.7. The minimum Gasteiger partial charge on any atom is -0.497 e. The van der Waals surface area contributed by atoms with Crippen molar-refractivity contribution in [3.8, 4) is 39.4 Å². The summed E-state index contributed by atoms with van der Waals surface area (Å²) in [6.45, 7) is 2.20. The Hall–Kier alpha value is -4.23. The monoisotopic (exact) mass is 502 g/mol. The van der Waals surface area contributed by atoms with E-state index in [9.17, 15) is 0 Å². The minimum absolute atomic E-state index is 0.666. The van der Waals surface area contributed by atoms with Crippen LogP contribution in [0.5, 0.6) is 5.75 Å². The molecule has 3 aromatic heterocycles. The summed E-state index contributed by atoms with van der Waals surface area (Å²) in [6, 6.07) is 24.3. The molecule has 0 spiro atoms. The average molecular weight is 503 g/mol. The van der Waals surface area contributed by atoms with Crippen LogP contribution < -0.4 is 9.64 Å². The number of fused-ring (bicyclic) bond motifs is 3. The molecule has 0 radical (unpaired) electrons. The number of piperazine rings is 1. The maximum Gasteiger partial charge on any atom is 0.164 e. The molecular weight excluding hydrogens is 472 g/mol. The molecule has 190 valence electrons. The Bertz CT molecular complexity index is 1580. The number of hydrogen-bond donors (Lipinski definition) is 0. The van der Waals surface area contributed by atoms with Crippen molar-refractivity contribution in [1.82, 2.24) is 24.5 Å². The first kappa shape index (κ1) is 22.9. The number of pyridine rings is 1. The second-order valence-corrected chi connectivity index (χ2v) is 10.3. The van der Waals surface area contributed by atoms with E-state index in [-0.39, 0.29) is 0 Å². The smallest absolute Gasteiger partial charge is 0.164 e.